The fourth-order valence-electron chi connectivity index (χ4n) is 4.91. The second-order valence-corrected chi connectivity index (χ2v) is 9.57. The molecule has 0 radical (unpaired) electrons. The number of hydrogen-bond donors (Lipinski definition) is 0. The molecule has 1 heterocycles. The van der Waals surface area contributed by atoms with Gasteiger partial charge >= 0.3 is 0 Å². The molecule has 0 aromatic heterocycles. The van der Waals surface area contributed by atoms with Crippen molar-refractivity contribution < 1.29 is 9.59 Å². The smallest absolute Gasteiger partial charge is 0.232 e. The fraction of sp³-hybridized carbons (Fsp3) is 0.333. The number of benzene rings is 2. The van der Waals surface area contributed by atoms with Crippen LogP contribution in [0.3, 0.4) is 0 Å². The lowest BCUT2D eigenvalue weighted by atomic mass is 9.73. The highest BCUT2D eigenvalue weighted by Gasteiger charge is 2.56. The number of nitrogens with zero attached hydrogens (tertiary/aromatic N) is 2. The third-order valence-corrected chi connectivity index (χ3v) is 7.45. The molecule has 4 atom stereocenters. The first-order valence-corrected chi connectivity index (χ1v) is 11.3. The number of carbonyl (C=O) groups is 2. The molecule has 1 fully saturated rings. The summed E-state index contributed by atoms with van der Waals surface area (Å²) in [5.74, 6) is -1.10. The molecule has 0 saturated carbocycles. The van der Waals surface area contributed by atoms with Gasteiger partial charge in [0.05, 0.1) is 32.9 Å². The van der Waals surface area contributed by atoms with Crippen molar-refractivity contribution in [3.8, 4) is 0 Å². The van der Waals surface area contributed by atoms with E-state index in [4.69, 9.17) is 34.8 Å². The van der Waals surface area contributed by atoms with Gasteiger partial charge in [-0.05, 0) is 30.5 Å². The lowest BCUT2D eigenvalue weighted by molar-refractivity contribution is -0.138. The number of halogens is 3. The normalized spacial score (nSPS) is 24.9. The Kier molecular flexibility index (Phi) is 6.08. The molecule has 2 amide bonds. The molecule has 1 aliphatic carbocycles. The Morgan fingerprint density at radius 1 is 1.10 bits per heavy atom. The molecule has 4 rings (SSSR count). The predicted molar refractivity (Wildman–Crippen MR) is 126 cm³/mol. The lowest BCUT2D eigenvalue weighted by Crippen LogP contribution is -2.45. The second kappa shape index (κ2) is 8.50. The highest BCUT2D eigenvalue weighted by atomic mass is 35.5. The van der Waals surface area contributed by atoms with E-state index >= 15 is 0 Å². The van der Waals surface area contributed by atoms with Crippen molar-refractivity contribution in [3.05, 3.63) is 74.7 Å². The van der Waals surface area contributed by atoms with E-state index in [0.29, 0.717) is 12.2 Å². The standard InChI is InChI=1S/C24H23Cl3N2O2/c1-13-9-14(2)22-20(23(30)28(3)12-15-7-5-4-6-8-15)19(13)24(31)29(22)16-10-17(25)21(27)18(26)11-16/h4-11,13,19-20,22H,12H2,1-3H3. The van der Waals surface area contributed by atoms with Crippen LogP contribution in [0.2, 0.25) is 15.1 Å². The van der Waals surface area contributed by atoms with Crippen molar-refractivity contribution in [2.45, 2.75) is 26.4 Å². The van der Waals surface area contributed by atoms with Crippen molar-refractivity contribution in [2.24, 2.45) is 17.8 Å². The Balaban J connectivity index is 1.71. The first kappa shape index (κ1) is 22.2. The van der Waals surface area contributed by atoms with Crippen LogP contribution < -0.4 is 4.90 Å². The first-order chi connectivity index (χ1) is 14.7. The summed E-state index contributed by atoms with van der Waals surface area (Å²) in [5.41, 5.74) is 2.59. The zero-order chi connectivity index (χ0) is 22.4. The van der Waals surface area contributed by atoms with Crippen LogP contribution in [0.5, 0.6) is 0 Å². The van der Waals surface area contributed by atoms with Gasteiger partial charge in [0.2, 0.25) is 11.8 Å². The Morgan fingerprint density at radius 2 is 1.71 bits per heavy atom. The first-order valence-electron chi connectivity index (χ1n) is 10.2. The van der Waals surface area contributed by atoms with E-state index in [1.54, 1.807) is 29.0 Å². The summed E-state index contributed by atoms with van der Waals surface area (Å²) in [6.45, 7) is 4.45. The number of fused-ring (bicyclic) bond motifs is 2. The molecular weight excluding hydrogens is 455 g/mol. The molecule has 2 aromatic rings. The van der Waals surface area contributed by atoms with Crippen LogP contribution >= 0.6 is 34.8 Å². The summed E-state index contributed by atoms with van der Waals surface area (Å²) in [6.07, 6.45) is 2.09. The largest absolute Gasteiger partial charge is 0.341 e. The van der Waals surface area contributed by atoms with Gasteiger partial charge < -0.3 is 9.80 Å². The predicted octanol–water partition coefficient (Wildman–Crippen LogP) is 5.85. The fourth-order valence-corrected chi connectivity index (χ4v) is 5.50. The lowest BCUT2D eigenvalue weighted by Gasteiger charge is -2.34. The topological polar surface area (TPSA) is 40.6 Å². The molecule has 2 aliphatic rings. The Labute approximate surface area is 197 Å². The van der Waals surface area contributed by atoms with Crippen LogP contribution in [-0.2, 0) is 16.1 Å². The van der Waals surface area contributed by atoms with E-state index in [2.05, 4.69) is 6.08 Å². The van der Waals surface area contributed by atoms with Gasteiger partial charge in [-0.25, -0.2) is 0 Å². The molecule has 162 valence electrons. The number of carbonyl (C=O) groups excluding carboxylic acids is 2. The zero-order valence-electron chi connectivity index (χ0n) is 17.5. The van der Waals surface area contributed by atoms with E-state index in [9.17, 15) is 9.59 Å². The van der Waals surface area contributed by atoms with Crippen LogP contribution in [0.15, 0.2) is 54.1 Å². The average Bonchev–Trinajstić information content (AvgIpc) is 2.99. The van der Waals surface area contributed by atoms with Crippen molar-refractivity contribution in [1.29, 1.82) is 0 Å². The van der Waals surface area contributed by atoms with E-state index in [1.165, 1.54) is 0 Å². The van der Waals surface area contributed by atoms with Crippen molar-refractivity contribution >= 4 is 52.3 Å². The number of hydrogen-bond acceptors (Lipinski definition) is 2. The SMILES string of the molecule is CC1=CC(C)C2C(=O)N(c3cc(Cl)c(Cl)c(Cl)c3)C1C2C(=O)N(C)Cc1ccccc1. The molecule has 2 aromatic carbocycles. The average molecular weight is 478 g/mol. The maximum atomic E-state index is 13.6. The van der Waals surface area contributed by atoms with Gasteiger partial charge in [-0.1, -0.05) is 83.7 Å². The third-order valence-electron chi connectivity index (χ3n) is 6.26. The molecule has 4 unspecified atom stereocenters. The van der Waals surface area contributed by atoms with Gasteiger partial charge in [0.25, 0.3) is 0 Å². The van der Waals surface area contributed by atoms with Crippen molar-refractivity contribution in [1.82, 2.24) is 4.90 Å². The summed E-state index contributed by atoms with van der Waals surface area (Å²) in [4.78, 5) is 30.5. The Hall–Kier alpha value is -2.01. The molecule has 1 saturated heterocycles. The van der Waals surface area contributed by atoms with Gasteiger partial charge in [-0.3, -0.25) is 9.59 Å². The van der Waals surface area contributed by atoms with Gasteiger partial charge in [0, 0.05) is 19.3 Å². The summed E-state index contributed by atoms with van der Waals surface area (Å²) < 4.78 is 0. The van der Waals surface area contributed by atoms with Crippen LogP contribution in [0.1, 0.15) is 19.4 Å². The van der Waals surface area contributed by atoms with E-state index < -0.39 is 11.8 Å². The van der Waals surface area contributed by atoms with Crippen molar-refractivity contribution in [2.75, 3.05) is 11.9 Å². The van der Waals surface area contributed by atoms with Gasteiger partial charge in [-0.2, -0.15) is 0 Å². The molecule has 4 nitrogen and oxygen atoms in total. The van der Waals surface area contributed by atoms with Crippen LogP contribution in [0.25, 0.3) is 0 Å². The van der Waals surface area contributed by atoms with Crippen LogP contribution in [0, 0.1) is 17.8 Å². The highest BCUT2D eigenvalue weighted by Crippen LogP contribution is 2.48. The minimum absolute atomic E-state index is 0.0415. The zero-order valence-corrected chi connectivity index (χ0v) is 19.7. The van der Waals surface area contributed by atoms with E-state index in [-0.39, 0.29) is 38.8 Å². The highest BCUT2D eigenvalue weighted by molar-refractivity contribution is 6.48. The Morgan fingerprint density at radius 3 is 2.32 bits per heavy atom. The molecule has 1 aliphatic heterocycles. The molecule has 31 heavy (non-hydrogen) atoms. The molecule has 7 heteroatoms. The van der Waals surface area contributed by atoms with Crippen molar-refractivity contribution in [3.63, 3.8) is 0 Å². The number of amides is 2. The quantitative estimate of drug-likeness (QED) is 0.409. The molecule has 2 bridgehead atoms. The number of anilines is 1. The maximum absolute atomic E-state index is 13.6. The van der Waals surface area contributed by atoms with Gasteiger partial charge in [0.1, 0.15) is 0 Å². The Bertz CT molecular complexity index is 1050. The monoisotopic (exact) mass is 476 g/mol. The minimum atomic E-state index is -0.477. The molecule has 0 spiro atoms. The van der Waals surface area contributed by atoms with Gasteiger partial charge in [0.15, 0.2) is 0 Å². The minimum Gasteiger partial charge on any atom is -0.341 e. The van der Waals surface area contributed by atoms with Crippen LogP contribution in [0.4, 0.5) is 5.69 Å². The summed E-state index contributed by atoms with van der Waals surface area (Å²) in [7, 11) is 1.79. The number of allylic oxidation sites excluding steroid dienone is 1. The van der Waals surface area contributed by atoms with Crippen LogP contribution in [-0.4, -0.2) is 29.8 Å². The third kappa shape index (κ3) is 3.86. The number of rotatable bonds is 4. The summed E-state index contributed by atoms with van der Waals surface area (Å²) in [5, 5.41) is 0.798. The van der Waals surface area contributed by atoms with E-state index in [0.717, 1.165) is 11.1 Å². The summed E-state index contributed by atoms with van der Waals surface area (Å²) >= 11 is 18.6. The van der Waals surface area contributed by atoms with E-state index in [1.807, 2.05) is 44.2 Å². The maximum Gasteiger partial charge on any atom is 0.232 e. The van der Waals surface area contributed by atoms with Gasteiger partial charge in [-0.15, -0.1) is 0 Å². The molecule has 0 N–H and O–H groups in total. The second-order valence-electron chi connectivity index (χ2n) is 8.38. The summed E-state index contributed by atoms with van der Waals surface area (Å²) in [6, 6.07) is 12.7. The molecular formula is C24H23Cl3N2O2.